The Morgan fingerprint density at radius 3 is 2.25 bits per heavy atom. The third-order valence-electron chi connectivity index (χ3n) is 3.33. The van der Waals surface area contributed by atoms with Crippen LogP contribution < -0.4 is 10.6 Å². The first-order chi connectivity index (χ1) is 7.31. The summed E-state index contributed by atoms with van der Waals surface area (Å²) in [6.45, 7) is 4.96. The highest BCUT2D eigenvalue weighted by molar-refractivity contribution is 5.85. The van der Waals surface area contributed by atoms with Gasteiger partial charge in [-0.3, -0.25) is 0 Å². The van der Waals surface area contributed by atoms with E-state index in [1.54, 1.807) is 0 Å². The molecule has 92 valence electrons. The smallest absolute Gasteiger partial charge is 0.328 e. The van der Waals surface area contributed by atoms with Crippen LogP contribution in [-0.2, 0) is 4.79 Å². The Labute approximate surface area is 95.6 Å². The molecule has 1 saturated carbocycles. The number of rotatable bonds is 4. The zero-order valence-corrected chi connectivity index (χ0v) is 10.1. The van der Waals surface area contributed by atoms with Crippen LogP contribution in [0.5, 0.6) is 0 Å². The largest absolute Gasteiger partial charge is 0.480 e. The van der Waals surface area contributed by atoms with E-state index in [0.29, 0.717) is 0 Å². The van der Waals surface area contributed by atoms with Gasteiger partial charge in [0.15, 0.2) is 0 Å². The number of amides is 2. The molecule has 0 aromatic heterocycles. The summed E-state index contributed by atoms with van der Waals surface area (Å²) in [6.07, 6.45) is 3.96. The second kappa shape index (κ2) is 4.31. The van der Waals surface area contributed by atoms with Crippen molar-refractivity contribution in [2.75, 3.05) is 0 Å². The Balaban J connectivity index is 2.50. The Morgan fingerprint density at radius 1 is 1.38 bits per heavy atom. The van der Waals surface area contributed by atoms with Crippen molar-refractivity contribution in [3.8, 4) is 0 Å². The molecule has 0 radical (unpaired) electrons. The lowest BCUT2D eigenvalue weighted by atomic mass is 9.75. The molecule has 0 aliphatic heterocycles. The zero-order chi connectivity index (χ0) is 12.4. The summed E-state index contributed by atoms with van der Waals surface area (Å²) < 4.78 is 0. The topological polar surface area (TPSA) is 78.4 Å². The van der Waals surface area contributed by atoms with Gasteiger partial charge in [0.1, 0.15) is 5.54 Å². The molecule has 0 heterocycles. The van der Waals surface area contributed by atoms with Crippen molar-refractivity contribution >= 4 is 12.0 Å². The van der Waals surface area contributed by atoms with Gasteiger partial charge in [0.05, 0.1) is 0 Å². The minimum atomic E-state index is -1.23. The summed E-state index contributed by atoms with van der Waals surface area (Å²) in [5, 5.41) is 14.2. The molecule has 1 rings (SSSR count). The average molecular weight is 228 g/mol. The van der Waals surface area contributed by atoms with E-state index in [4.69, 9.17) is 5.11 Å². The molecule has 5 nitrogen and oxygen atoms in total. The lowest BCUT2D eigenvalue weighted by molar-refractivity contribution is -0.142. The normalized spacial score (nSPS) is 18.4. The van der Waals surface area contributed by atoms with E-state index in [1.807, 2.05) is 6.92 Å². The molecule has 16 heavy (non-hydrogen) atoms. The SMILES string of the molecule is CCC1(NC(=O)NC(C)(C)C(=O)O)CCC1. The Kier molecular flexibility index (Phi) is 3.45. The van der Waals surface area contributed by atoms with Crippen LogP contribution in [0.15, 0.2) is 0 Å². The Hall–Kier alpha value is -1.26. The maximum absolute atomic E-state index is 11.6. The van der Waals surface area contributed by atoms with Crippen LogP contribution in [-0.4, -0.2) is 28.2 Å². The number of carboxylic acid groups (broad SMARTS) is 1. The first-order valence-electron chi connectivity index (χ1n) is 5.65. The third kappa shape index (κ3) is 2.65. The number of carbonyl (C=O) groups excluding carboxylic acids is 1. The second-order valence-corrected chi connectivity index (χ2v) is 5.00. The predicted octanol–water partition coefficient (Wildman–Crippen LogP) is 1.48. The number of hydrogen-bond acceptors (Lipinski definition) is 2. The van der Waals surface area contributed by atoms with E-state index in [0.717, 1.165) is 25.7 Å². The Morgan fingerprint density at radius 2 is 1.94 bits per heavy atom. The molecule has 0 atom stereocenters. The van der Waals surface area contributed by atoms with E-state index < -0.39 is 17.5 Å². The first kappa shape index (κ1) is 12.8. The van der Waals surface area contributed by atoms with E-state index in [-0.39, 0.29) is 5.54 Å². The lowest BCUT2D eigenvalue weighted by Gasteiger charge is -2.42. The highest BCUT2D eigenvalue weighted by Gasteiger charge is 2.38. The molecular formula is C11H20N2O3. The van der Waals surface area contributed by atoms with Crippen molar-refractivity contribution < 1.29 is 14.7 Å². The predicted molar refractivity (Wildman–Crippen MR) is 60.3 cm³/mol. The van der Waals surface area contributed by atoms with Crippen molar-refractivity contribution in [3.05, 3.63) is 0 Å². The molecule has 0 spiro atoms. The minimum absolute atomic E-state index is 0.112. The van der Waals surface area contributed by atoms with Crippen LogP contribution in [0.3, 0.4) is 0 Å². The number of hydrogen-bond donors (Lipinski definition) is 3. The molecule has 1 fully saturated rings. The molecule has 5 heteroatoms. The first-order valence-corrected chi connectivity index (χ1v) is 5.65. The number of carboxylic acids is 1. The summed E-state index contributed by atoms with van der Waals surface area (Å²) in [7, 11) is 0. The molecule has 2 amide bonds. The Bertz CT molecular complexity index is 290. The van der Waals surface area contributed by atoms with Crippen molar-refractivity contribution in [1.29, 1.82) is 0 Å². The van der Waals surface area contributed by atoms with E-state index >= 15 is 0 Å². The van der Waals surface area contributed by atoms with Gasteiger partial charge in [-0.15, -0.1) is 0 Å². The third-order valence-corrected chi connectivity index (χ3v) is 3.33. The molecule has 0 aromatic carbocycles. The zero-order valence-electron chi connectivity index (χ0n) is 10.1. The van der Waals surface area contributed by atoms with Crippen molar-refractivity contribution in [2.24, 2.45) is 0 Å². The maximum atomic E-state index is 11.6. The van der Waals surface area contributed by atoms with Gasteiger partial charge in [0, 0.05) is 5.54 Å². The van der Waals surface area contributed by atoms with E-state index in [2.05, 4.69) is 10.6 Å². The van der Waals surface area contributed by atoms with Crippen LogP contribution in [0.25, 0.3) is 0 Å². The molecule has 0 saturated heterocycles. The van der Waals surface area contributed by atoms with Crippen LogP contribution in [0.4, 0.5) is 4.79 Å². The van der Waals surface area contributed by atoms with Gasteiger partial charge in [0.25, 0.3) is 0 Å². The minimum Gasteiger partial charge on any atom is -0.480 e. The summed E-state index contributed by atoms with van der Waals surface area (Å²) in [6, 6.07) is -0.394. The molecule has 0 aromatic rings. The van der Waals surface area contributed by atoms with Gasteiger partial charge < -0.3 is 15.7 Å². The quantitative estimate of drug-likeness (QED) is 0.682. The summed E-state index contributed by atoms with van der Waals surface area (Å²) in [4.78, 5) is 22.5. The molecule has 1 aliphatic carbocycles. The number of nitrogens with one attached hydrogen (secondary N) is 2. The lowest BCUT2D eigenvalue weighted by Crippen LogP contribution is -2.60. The van der Waals surface area contributed by atoms with Gasteiger partial charge in [-0.2, -0.15) is 0 Å². The fraction of sp³-hybridized carbons (Fsp3) is 0.818. The van der Waals surface area contributed by atoms with Crippen LogP contribution in [0.2, 0.25) is 0 Å². The highest BCUT2D eigenvalue weighted by atomic mass is 16.4. The summed E-state index contributed by atoms with van der Waals surface area (Å²) >= 11 is 0. The average Bonchev–Trinajstić information content (AvgIpc) is 2.10. The monoisotopic (exact) mass is 228 g/mol. The summed E-state index contributed by atoms with van der Waals surface area (Å²) in [5.74, 6) is -1.04. The maximum Gasteiger partial charge on any atom is 0.328 e. The van der Waals surface area contributed by atoms with Gasteiger partial charge in [0.2, 0.25) is 0 Å². The molecule has 0 unspecified atom stereocenters. The molecule has 1 aliphatic rings. The number of aliphatic carboxylic acids is 1. The fourth-order valence-electron chi connectivity index (χ4n) is 1.78. The van der Waals surface area contributed by atoms with Gasteiger partial charge >= 0.3 is 12.0 Å². The number of carbonyl (C=O) groups is 2. The van der Waals surface area contributed by atoms with Crippen LogP contribution >= 0.6 is 0 Å². The fourth-order valence-corrected chi connectivity index (χ4v) is 1.78. The van der Waals surface area contributed by atoms with Crippen LogP contribution in [0, 0.1) is 0 Å². The van der Waals surface area contributed by atoms with Gasteiger partial charge in [-0.1, -0.05) is 6.92 Å². The summed E-state index contributed by atoms with van der Waals surface area (Å²) in [5.41, 5.74) is -1.35. The van der Waals surface area contributed by atoms with Crippen LogP contribution in [0.1, 0.15) is 46.5 Å². The van der Waals surface area contributed by atoms with Crippen molar-refractivity contribution in [3.63, 3.8) is 0 Å². The van der Waals surface area contributed by atoms with E-state index in [9.17, 15) is 9.59 Å². The molecule has 3 N–H and O–H groups in total. The molecular weight excluding hydrogens is 208 g/mol. The highest BCUT2D eigenvalue weighted by Crippen LogP contribution is 2.34. The second-order valence-electron chi connectivity index (χ2n) is 5.00. The van der Waals surface area contributed by atoms with Gasteiger partial charge in [-0.05, 0) is 39.5 Å². The standard InChI is InChI=1S/C11H20N2O3/c1-4-11(6-5-7-11)13-9(16)12-10(2,3)8(14)15/h4-7H2,1-3H3,(H,14,15)(H2,12,13,16). The van der Waals surface area contributed by atoms with Crippen molar-refractivity contribution in [2.45, 2.75) is 57.5 Å². The number of urea groups is 1. The van der Waals surface area contributed by atoms with E-state index in [1.165, 1.54) is 13.8 Å². The van der Waals surface area contributed by atoms with Gasteiger partial charge in [-0.25, -0.2) is 9.59 Å². The van der Waals surface area contributed by atoms with Crippen molar-refractivity contribution in [1.82, 2.24) is 10.6 Å². The molecule has 0 bridgehead atoms.